The van der Waals surface area contributed by atoms with E-state index in [0.29, 0.717) is 12.0 Å². The smallest absolute Gasteiger partial charge is 0.127 e. The highest BCUT2D eigenvalue weighted by Gasteiger charge is 2.26. The zero-order valence-electron chi connectivity index (χ0n) is 9.39. The van der Waals surface area contributed by atoms with Crippen molar-refractivity contribution < 1.29 is 4.39 Å². The molecule has 2 heteroatoms. The Bertz CT molecular complexity index is 348. The van der Waals surface area contributed by atoms with E-state index in [1.165, 1.54) is 12.0 Å². The van der Waals surface area contributed by atoms with Crippen molar-refractivity contribution in [2.24, 2.45) is 0 Å². The lowest BCUT2D eigenvalue weighted by molar-refractivity contribution is 0.419. The molecule has 0 saturated carbocycles. The Labute approximate surface area is 90.7 Å². The molecule has 1 aromatic carbocycles. The predicted octanol–water partition coefficient (Wildman–Crippen LogP) is 2.85. The molecule has 1 aliphatic carbocycles. The minimum absolute atomic E-state index is 0.0284. The maximum Gasteiger partial charge on any atom is 0.127 e. The maximum absolute atomic E-state index is 13.8. The molecule has 0 aliphatic heterocycles. The highest BCUT2D eigenvalue weighted by molar-refractivity contribution is 5.35. The van der Waals surface area contributed by atoms with Crippen LogP contribution >= 0.6 is 0 Å². The van der Waals surface area contributed by atoms with E-state index in [0.717, 1.165) is 18.4 Å². The number of likely N-dealkylation sites (N-methyl/N-ethyl adjacent to an activating group) is 1. The molecule has 0 fully saturated rings. The van der Waals surface area contributed by atoms with E-state index in [2.05, 4.69) is 18.3 Å². The molecule has 0 heterocycles. The molecule has 0 saturated heterocycles. The molecule has 0 radical (unpaired) electrons. The van der Waals surface area contributed by atoms with Crippen LogP contribution in [0.1, 0.15) is 36.8 Å². The van der Waals surface area contributed by atoms with E-state index < -0.39 is 0 Å². The van der Waals surface area contributed by atoms with Gasteiger partial charge in [-0.3, -0.25) is 0 Å². The zero-order chi connectivity index (χ0) is 10.8. The maximum atomic E-state index is 13.8. The van der Waals surface area contributed by atoms with Crippen molar-refractivity contribution in [2.45, 2.75) is 38.1 Å². The molecule has 0 aromatic heterocycles. The van der Waals surface area contributed by atoms with Crippen LogP contribution in [0.4, 0.5) is 4.39 Å². The van der Waals surface area contributed by atoms with E-state index in [9.17, 15) is 4.39 Å². The number of benzene rings is 1. The van der Waals surface area contributed by atoms with Gasteiger partial charge >= 0.3 is 0 Å². The van der Waals surface area contributed by atoms with Gasteiger partial charge in [-0.25, -0.2) is 4.39 Å². The SMILES string of the molecule is CNC(C)C1CCCc2cccc(F)c21. The lowest BCUT2D eigenvalue weighted by Crippen LogP contribution is -2.31. The van der Waals surface area contributed by atoms with Gasteiger partial charge in [-0.2, -0.15) is 0 Å². The van der Waals surface area contributed by atoms with Crippen LogP contribution < -0.4 is 5.32 Å². The number of aryl methyl sites for hydroxylation is 1. The van der Waals surface area contributed by atoms with Crippen molar-refractivity contribution in [1.29, 1.82) is 0 Å². The van der Waals surface area contributed by atoms with Gasteiger partial charge in [0.25, 0.3) is 0 Å². The Morgan fingerprint density at radius 3 is 3.00 bits per heavy atom. The second-order valence-corrected chi connectivity index (χ2v) is 4.39. The highest BCUT2D eigenvalue weighted by atomic mass is 19.1. The average Bonchev–Trinajstić information content (AvgIpc) is 2.28. The van der Waals surface area contributed by atoms with Crippen LogP contribution in [0.2, 0.25) is 0 Å². The minimum atomic E-state index is -0.0284. The molecule has 2 rings (SSSR count). The van der Waals surface area contributed by atoms with E-state index >= 15 is 0 Å². The monoisotopic (exact) mass is 207 g/mol. The second-order valence-electron chi connectivity index (χ2n) is 4.39. The summed E-state index contributed by atoms with van der Waals surface area (Å²) in [5.74, 6) is 0.305. The van der Waals surface area contributed by atoms with Crippen molar-refractivity contribution in [3.05, 3.63) is 35.1 Å². The first-order valence-electron chi connectivity index (χ1n) is 5.68. The van der Waals surface area contributed by atoms with Crippen LogP contribution in [0.3, 0.4) is 0 Å². The number of hydrogen-bond acceptors (Lipinski definition) is 1. The molecule has 1 aromatic rings. The number of nitrogens with one attached hydrogen (secondary N) is 1. The van der Waals surface area contributed by atoms with Gasteiger partial charge in [-0.1, -0.05) is 12.1 Å². The van der Waals surface area contributed by atoms with Crippen LogP contribution in [0.25, 0.3) is 0 Å². The first-order valence-corrected chi connectivity index (χ1v) is 5.68. The third-order valence-corrected chi connectivity index (χ3v) is 3.53. The second kappa shape index (κ2) is 4.31. The fraction of sp³-hybridized carbons (Fsp3) is 0.538. The van der Waals surface area contributed by atoms with Gasteiger partial charge in [-0.05, 0) is 50.4 Å². The lowest BCUT2D eigenvalue weighted by atomic mass is 9.79. The van der Waals surface area contributed by atoms with Crippen LogP contribution in [0.15, 0.2) is 18.2 Å². The summed E-state index contributed by atoms with van der Waals surface area (Å²) >= 11 is 0. The summed E-state index contributed by atoms with van der Waals surface area (Å²) in [4.78, 5) is 0. The zero-order valence-corrected chi connectivity index (χ0v) is 9.39. The van der Waals surface area contributed by atoms with E-state index in [-0.39, 0.29) is 5.82 Å². The van der Waals surface area contributed by atoms with Crippen molar-refractivity contribution >= 4 is 0 Å². The number of fused-ring (bicyclic) bond motifs is 1. The third-order valence-electron chi connectivity index (χ3n) is 3.53. The summed E-state index contributed by atoms with van der Waals surface area (Å²) in [7, 11) is 1.94. The summed E-state index contributed by atoms with van der Waals surface area (Å²) in [5.41, 5.74) is 2.15. The van der Waals surface area contributed by atoms with Gasteiger partial charge in [0.05, 0.1) is 0 Å². The van der Waals surface area contributed by atoms with Crippen molar-refractivity contribution in [1.82, 2.24) is 5.32 Å². The third kappa shape index (κ3) is 1.91. The molecular formula is C13H18FN. The average molecular weight is 207 g/mol. The molecule has 82 valence electrons. The Kier molecular flexibility index (Phi) is 3.06. The summed E-state index contributed by atoms with van der Waals surface area (Å²) in [6.07, 6.45) is 3.29. The standard InChI is InChI=1S/C13H18FN/c1-9(15-2)11-7-3-5-10-6-4-8-12(14)13(10)11/h4,6,8-9,11,15H,3,5,7H2,1-2H3. The predicted molar refractivity (Wildman–Crippen MR) is 60.6 cm³/mol. The summed E-state index contributed by atoms with van der Waals surface area (Å²) in [6, 6.07) is 5.81. The fourth-order valence-corrected chi connectivity index (χ4v) is 2.57. The number of halogens is 1. The molecule has 1 aliphatic rings. The summed E-state index contributed by atoms with van der Waals surface area (Å²) in [6.45, 7) is 2.13. The van der Waals surface area contributed by atoms with Gasteiger partial charge in [0.1, 0.15) is 5.82 Å². The minimum Gasteiger partial charge on any atom is -0.317 e. The molecular weight excluding hydrogens is 189 g/mol. The van der Waals surface area contributed by atoms with Gasteiger partial charge in [0, 0.05) is 12.0 Å². The van der Waals surface area contributed by atoms with E-state index in [1.807, 2.05) is 13.1 Å². The lowest BCUT2D eigenvalue weighted by Gasteiger charge is -2.30. The number of rotatable bonds is 2. The highest BCUT2D eigenvalue weighted by Crippen LogP contribution is 2.35. The molecule has 0 spiro atoms. The quantitative estimate of drug-likeness (QED) is 0.786. The Hall–Kier alpha value is -0.890. The van der Waals surface area contributed by atoms with E-state index in [1.54, 1.807) is 6.07 Å². The first-order chi connectivity index (χ1) is 7.24. The van der Waals surface area contributed by atoms with E-state index in [4.69, 9.17) is 0 Å². The van der Waals surface area contributed by atoms with Crippen LogP contribution in [0, 0.1) is 5.82 Å². The topological polar surface area (TPSA) is 12.0 Å². The van der Waals surface area contributed by atoms with Crippen LogP contribution in [0.5, 0.6) is 0 Å². The summed E-state index contributed by atoms with van der Waals surface area (Å²) < 4.78 is 13.8. The molecule has 1 nitrogen and oxygen atoms in total. The van der Waals surface area contributed by atoms with Gasteiger partial charge in [0.2, 0.25) is 0 Å². The molecule has 0 amide bonds. The van der Waals surface area contributed by atoms with Crippen molar-refractivity contribution in [3.63, 3.8) is 0 Å². The molecule has 0 bridgehead atoms. The molecule has 2 unspecified atom stereocenters. The molecule has 15 heavy (non-hydrogen) atoms. The van der Waals surface area contributed by atoms with Gasteiger partial charge in [0.15, 0.2) is 0 Å². The van der Waals surface area contributed by atoms with Gasteiger partial charge in [-0.15, -0.1) is 0 Å². The first kappa shape index (κ1) is 10.6. The molecule has 1 N–H and O–H groups in total. The van der Waals surface area contributed by atoms with Gasteiger partial charge < -0.3 is 5.32 Å². The molecule has 2 atom stereocenters. The largest absolute Gasteiger partial charge is 0.317 e. The van der Waals surface area contributed by atoms with Crippen molar-refractivity contribution in [2.75, 3.05) is 7.05 Å². The Balaban J connectivity index is 2.40. The Morgan fingerprint density at radius 1 is 1.47 bits per heavy atom. The van der Waals surface area contributed by atoms with Crippen LogP contribution in [-0.4, -0.2) is 13.1 Å². The fourth-order valence-electron chi connectivity index (χ4n) is 2.57. The Morgan fingerprint density at radius 2 is 2.27 bits per heavy atom. The normalized spacial score (nSPS) is 22.2. The van der Waals surface area contributed by atoms with Crippen LogP contribution in [-0.2, 0) is 6.42 Å². The summed E-state index contributed by atoms with van der Waals surface area (Å²) in [5, 5.41) is 3.24. The number of hydrogen-bond donors (Lipinski definition) is 1. The van der Waals surface area contributed by atoms with Crippen molar-refractivity contribution in [3.8, 4) is 0 Å².